The van der Waals surface area contributed by atoms with Gasteiger partial charge in [-0.15, -0.1) is 0 Å². The Morgan fingerprint density at radius 3 is 2.24 bits per heavy atom. The van der Waals surface area contributed by atoms with Gasteiger partial charge in [-0.3, -0.25) is 4.79 Å². The summed E-state index contributed by atoms with van der Waals surface area (Å²) in [5.74, 6) is 10.1. The maximum Gasteiger partial charge on any atom is 0.407 e. The summed E-state index contributed by atoms with van der Waals surface area (Å²) in [6.45, 7) is 5.82. The maximum absolute atomic E-state index is 11.3. The lowest BCUT2D eigenvalue weighted by atomic mass is 10.2. The number of carboxylic acid groups (broad SMARTS) is 1. The maximum atomic E-state index is 11.3. The normalized spacial score (nSPS) is 10.0. The average molecular weight is 291 g/mol. The number of alkyl carbamates (subject to hydrolysis) is 1. The number of hydrogen-bond acceptors (Lipinski definition) is 3. The molecule has 5 nitrogen and oxygen atoms in total. The highest BCUT2D eigenvalue weighted by Gasteiger charge is 2.14. The third kappa shape index (κ3) is 15.5. The predicted octanol–water partition coefficient (Wildman–Crippen LogP) is 2.33. The molecule has 0 bridgehead atoms. The van der Waals surface area contributed by atoms with Crippen LogP contribution in [0.3, 0.4) is 0 Å². The topological polar surface area (TPSA) is 75.6 Å². The largest absolute Gasteiger partial charge is 0.481 e. The summed E-state index contributed by atoms with van der Waals surface area (Å²) in [6, 6.07) is 0. The van der Waals surface area contributed by atoms with Gasteiger partial charge in [0.05, 0.1) is 6.42 Å². The number of carbonyl (C=O) groups excluding carboxylic acids is 1. The Kier molecular flexibility index (Phi) is 9.21. The number of rotatable bonds is 4. The van der Waals surface area contributed by atoms with E-state index in [-0.39, 0.29) is 6.42 Å². The van der Waals surface area contributed by atoms with Crippen LogP contribution in [0.25, 0.3) is 0 Å². The van der Waals surface area contributed by atoms with Crippen LogP contribution in [0.4, 0.5) is 4.79 Å². The van der Waals surface area contributed by atoms with Gasteiger partial charge in [0.15, 0.2) is 0 Å². The molecule has 2 N–H and O–H groups in total. The lowest BCUT2D eigenvalue weighted by molar-refractivity contribution is -0.136. The van der Waals surface area contributed by atoms with Crippen LogP contribution >= 0.6 is 0 Å². The van der Waals surface area contributed by atoms with Crippen LogP contribution in [-0.4, -0.2) is 29.3 Å². The van der Waals surface area contributed by atoms with Crippen LogP contribution in [0.1, 0.15) is 40.0 Å². The van der Waals surface area contributed by atoms with Crippen LogP contribution in [0, 0.1) is 23.7 Å². The van der Waals surface area contributed by atoms with Crippen molar-refractivity contribution in [1.82, 2.24) is 5.32 Å². The first kappa shape index (κ1) is 18.6. The molecule has 114 valence electrons. The fourth-order valence-corrected chi connectivity index (χ4v) is 1.06. The Hall–Kier alpha value is -2.40. The summed E-state index contributed by atoms with van der Waals surface area (Å²) in [6.07, 6.45) is 3.58. The summed E-state index contributed by atoms with van der Waals surface area (Å²) in [5.41, 5.74) is -0.502. The smallest absolute Gasteiger partial charge is 0.407 e. The Morgan fingerprint density at radius 1 is 1.14 bits per heavy atom. The zero-order valence-corrected chi connectivity index (χ0v) is 12.7. The number of carboxylic acids is 1. The van der Waals surface area contributed by atoms with E-state index in [4.69, 9.17) is 9.84 Å². The van der Waals surface area contributed by atoms with Gasteiger partial charge in [0.1, 0.15) is 5.60 Å². The van der Waals surface area contributed by atoms with E-state index >= 15 is 0 Å². The summed E-state index contributed by atoms with van der Waals surface area (Å²) in [7, 11) is 0. The predicted molar refractivity (Wildman–Crippen MR) is 80.4 cm³/mol. The Morgan fingerprint density at radius 2 is 1.71 bits per heavy atom. The molecule has 0 heterocycles. The zero-order valence-electron chi connectivity index (χ0n) is 12.7. The first-order chi connectivity index (χ1) is 9.81. The van der Waals surface area contributed by atoms with Gasteiger partial charge >= 0.3 is 12.1 Å². The molecule has 0 atom stereocenters. The Balaban J connectivity index is 3.75. The van der Waals surface area contributed by atoms with Gasteiger partial charge in [0.2, 0.25) is 0 Å². The second-order valence-electron chi connectivity index (χ2n) is 5.05. The number of ether oxygens (including phenoxy) is 1. The highest BCUT2D eigenvalue weighted by atomic mass is 16.6. The molecule has 0 fully saturated rings. The van der Waals surface area contributed by atoms with Crippen LogP contribution in [0.2, 0.25) is 0 Å². The van der Waals surface area contributed by atoms with Crippen LogP contribution in [-0.2, 0) is 9.53 Å². The molecule has 0 aliphatic heterocycles. The molecule has 0 aliphatic rings. The van der Waals surface area contributed by atoms with Gasteiger partial charge in [0.25, 0.3) is 0 Å². The summed E-state index contributed by atoms with van der Waals surface area (Å²) >= 11 is 0. The minimum Gasteiger partial charge on any atom is -0.481 e. The zero-order chi connectivity index (χ0) is 16.1. The van der Waals surface area contributed by atoms with Crippen molar-refractivity contribution in [3.63, 3.8) is 0 Å². The standard InChI is InChI=1S/C16H21NO4/c1-16(2,3)21-15(20)17-13-11-9-7-5-4-6-8-10-12-14(18)19/h4-5H,10-13H2,1-3H3,(H,17,20)(H,18,19)/b5-4+. The molecule has 0 aliphatic carbocycles. The molecule has 5 heteroatoms. The highest BCUT2D eigenvalue weighted by molar-refractivity contribution is 5.67. The fourth-order valence-electron chi connectivity index (χ4n) is 1.06. The van der Waals surface area contributed by atoms with E-state index in [2.05, 4.69) is 29.0 Å². The molecule has 0 aromatic rings. The van der Waals surface area contributed by atoms with Gasteiger partial charge in [-0.05, 0) is 32.9 Å². The van der Waals surface area contributed by atoms with E-state index < -0.39 is 17.7 Å². The fraction of sp³-hybridized carbons (Fsp3) is 0.500. The van der Waals surface area contributed by atoms with E-state index in [0.29, 0.717) is 19.4 Å². The number of carbonyl (C=O) groups is 2. The van der Waals surface area contributed by atoms with Gasteiger partial charge < -0.3 is 15.2 Å². The van der Waals surface area contributed by atoms with Crippen molar-refractivity contribution in [1.29, 1.82) is 0 Å². The van der Waals surface area contributed by atoms with Crippen LogP contribution in [0.5, 0.6) is 0 Å². The molecule has 0 aromatic heterocycles. The number of aliphatic carboxylic acids is 1. The number of hydrogen-bond donors (Lipinski definition) is 2. The first-order valence-corrected chi connectivity index (χ1v) is 6.62. The van der Waals surface area contributed by atoms with Crippen molar-refractivity contribution < 1.29 is 19.4 Å². The van der Waals surface area contributed by atoms with E-state index in [1.54, 1.807) is 32.9 Å². The molecule has 0 unspecified atom stereocenters. The summed E-state index contributed by atoms with van der Waals surface area (Å²) in [5, 5.41) is 11.0. The Bertz CT molecular complexity index is 492. The molecule has 1 amide bonds. The second-order valence-corrected chi connectivity index (χ2v) is 5.05. The third-order valence-corrected chi connectivity index (χ3v) is 1.84. The number of amides is 1. The lowest BCUT2D eigenvalue weighted by Gasteiger charge is -2.19. The Labute approximate surface area is 125 Å². The minimum absolute atomic E-state index is 0.0445. The molecule has 0 radical (unpaired) electrons. The quantitative estimate of drug-likeness (QED) is 0.615. The summed E-state index contributed by atoms with van der Waals surface area (Å²) in [4.78, 5) is 21.5. The van der Waals surface area contributed by atoms with Crippen molar-refractivity contribution in [3.05, 3.63) is 12.2 Å². The van der Waals surface area contributed by atoms with Gasteiger partial charge in [0, 0.05) is 19.4 Å². The number of nitrogens with one attached hydrogen (secondary N) is 1. The van der Waals surface area contributed by atoms with Gasteiger partial charge in [-0.25, -0.2) is 4.79 Å². The van der Waals surface area contributed by atoms with Crippen molar-refractivity contribution in [2.75, 3.05) is 6.54 Å². The van der Waals surface area contributed by atoms with Gasteiger partial charge in [-0.1, -0.05) is 23.7 Å². The highest BCUT2D eigenvalue weighted by Crippen LogP contribution is 2.06. The van der Waals surface area contributed by atoms with Crippen molar-refractivity contribution in [3.8, 4) is 23.7 Å². The molecule has 0 rings (SSSR count). The molecular weight excluding hydrogens is 270 g/mol. The molecule has 21 heavy (non-hydrogen) atoms. The van der Waals surface area contributed by atoms with Crippen molar-refractivity contribution in [2.24, 2.45) is 0 Å². The first-order valence-electron chi connectivity index (χ1n) is 6.62. The molecular formula is C16H21NO4. The summed E-state index contributed by atoms with van der Waals surface area (Å²) < 4.78 is 5.06. The monoisotopic (exact) mass is 291 g/mol. The minimum atomic E-state index is -0.856. The van der Waals surface area contributed by atoms with Crippen molar-refractivity contribution >= 4 is 12.1 Å². The lowest BCUT2D eigenvalue weighted by Crippen LogP contribution is -2.32. The number of allylic oxidation sites excluding steroid dienone is 2. The SMILES string of the molecule is CC(C)(C)OC(=O)NCCC#C/C=C/C#CCCC(=O)O. The average Bonchev–Trinajstić information content (AvgIpc) is 2.33. The molecule has 0 spiro atoms. The van der Waals surface area contributed by atoms with E-state index in [9.17, 15) is 9.59 Å². The van der Waals surface area contributed by atoms with Gasteiger partial charge in [-0.2, -0.15) is 0 Å². The molecule has 0 saturated heterocycles. The third-order valence-electron chi connectivity index (χ3n) is 1.84. The van der Waals surface area contributed by atoms with E-state index in [1.165, 1.54) is 0 Å². The second kappa shape index (κ2) is 10.4. The molecule has 0 saturated carbocycles. The molecule has 0 aromatic carbocycles. The van der Waals surface area contributed by atoms with E-state index in [0.717, 1.165) is 0 Å². The van der Waals surface area contributed by atoms with Crippen LogP contribution in [0.15, 0.2) is 12.2 Å². The van der Waals surface area contributed by atoms with E-state index in [1.807, 2.05) is 0 Å². The van der Waals surface area contributed by atoms with Crippen molar-refractivity contribution in [2.45, 2.75) is 45.6 Å². The van der Waals surface area contributed by atoms with Crippen LogP contribution < -0.4 is 5.32 Å².